The Bertz CT molecular complexity index is 527. The van der Waals surface area contributed by atoms with Crippen LogP contribution in [-0.4, -0.2) is 40.6 Å². The first-order chi connectivity index (χ1) is 16.9. The smallest absolute Gasteiger partial charge is 0.320 e. The summed E-state index contributed by atoms with van der Waals surface area (Å²) in [6.07, 6.45) is 25.0. The van der Waals surface area contributed by atoms with Gasteiger partial charge in [0.15, 0.2) is 0 Å². The lowest BCUT2D eigenvalue weighted by Crippen LogP contribution is -2.30. The lowest BCUT2D eigenvalue weighted by molar-refractivity contribution is -0.139. The third kappa shape index (κ3) is 26.8. The third-order valence-electron chi connectivity index (χ3n) is 6.63. The van der Waals surface area contributed by atoms with Gasteiger partial charge in [-0.15, -0.1) is 0 Å². The first-order valence-corrected chi connectivity index (χ1v) is 14.4. The fraction of sp³-hybridized carbons (Fsp3) is 0.893. The second-order valence-electron chi connectivity index (χ2n) is 10.0. The average Bonchev–Trinajstić information content (AvgIpc) is 2.82. The molecule has 0 aliphatic heterocycles. The summed E-state index contributed by atoms with van der Waals surface area (Å²) in [5, 5.41) is 20.2. The Morgan fingerprint density at radius 1 is 0.543 bits per heavy atom. The van der Waals surface area contributed by atoms with Gasteiger partial charge >= 0.3 is 11.9 Å². The number of rotatable bonds is 27. The molecule has 0 bridgehead atoms. The first kappa shape index (κ1) is 33.4. The maximum absolute atomic E-state index is 11.8. The van der Waals surface area contributed by atoms with Crippen molar-refractivity contribution in [3.8, 4) is 0 Å². The van der Waals surface area contributed by atoms with Crippen LogP contribution in [0, 0.1) is 0 Å². The lowest BCUT2D eigenvalue weighted by atomic mass is 10.0. The Hall–Kier alpha value is -1.63. The zero-order valence-corrected chi connectivity index (χ0v) is 22.2. The van der Waals surface area contributed by atoms with Crippen LogP contribution in [0.5, 0.6) is 0 Å². The van der Waals surface area contributed by atoms with Crippen molar-refractivity contribution < 1.29 is 24.6 Å². The van der Waals surface area contributed by atoms with Crippen molar-refractivity contribution in [1.82, 2.24) is 5.32 Å². The number of carboxylic acids is 2. The molecule has 35 heavy (non-hydrogen) atoms. The maximum atomic E-state index is 11.8. The number of amides is 1. The number of hydrogen-bond acceptors (Lipinski definition) is 4. The summed E-state index contributed by atoms with van der Waals surface area (Å²) in [5.41, 5.74) is 5.45. The van der Waals surface area contributed by atoms with E-state index in [1.807, 2.05) is 0 Å². The SMILES string of the molecule is N[C@H](CCCCNC(=O)CCCCCCCCCCCCCCCCCCCCC(=O)O)C(=O)O. The van der Waals surface area contributed by atoms with Crippen molar-refractivity contribution in [1.29, 1.82) is 0 Å². The van der Waals surface area contributed by atoms with Gasteiger partial charge < -0.3 is 21.3 Å². The van der Waals surface area contributed by atoms with Gasteiger partial charge in [-0.1, -0.05) is 103 Å². The summed E-state index contributed by atoms with van der Waals surface area (Å²) in [6, 6.07) is -0.799. The number of carboxylic acid groups (broad SMARTS) is 2. The lowest BCUT2D eigenvalue weighted by Gasteiger charge is -2.07. The number of nitrogens with two attached hydrogens (primary N) is 1. The summed E-state index contributed by atoms with van der Waals surface area (Å²) in [4.78, 5) is 32.9. The molecule has 7 heteroatoms. The Kier molecular flexibility index (Phi) is 24.3. The molecule has 0 heterocycles. The minimum atomic E-state index is -0.966. The summed E-state index contributed by atoms with van der Waals surface area (Å²) in [7, 11) is 0. The van der Waals surface area contributed by atoms with Gasteiger partial charge in [0, 0.05) is 19.4 Å². The van der Waals surface area contributed by atoms with E-state index in [-0.39, 0.29) is 5.91 Å². The van der Waals surface area contributed by atoms with Crippen LogP contribution in [0.3, 0.4) is 0 Å². The van der Waals surface area contributed by atoms with Crippen molar-refractivity contribution in [3.63, 3.8) is 0 Å². The number of carbonyl (C=O) groups excluding carboxylic acids is 1. The van der Waals surface area contributed by atoms with Crippen molar-refractivity contribution in [2.45, 2.75) is 154 Å². The number of carbonyl (C=O) groups is 3. The van der Waals surface area contributed by atoms with Crippen molar-refractivity contribution >= 4 is 17.8 Å². The second kappa shape index (κ2) is 25.5. The predicted octanol–water partition coefficient (Wildman–Crippen LogP) is 6.57. The molecule has 0 aliphatic rings. The topological polar surface area (TPSA) is 130 Å². The molecule has 0 unspecified atom stereocenters. The molecule has 206 valence electrons. The zero-order chi connectivity index (χ0) is 26.0. The van der Waals surface area contributed by atoms with Crippen LogP contribution >= 0.6 is 0 Å². The fourth-order valence-electron chi connectivity index (χ4n) is 4.32. The van der Waals surface area contributed by atoms with E-state index in [9.17, 15) is 14.4 Å². The average molecular weight is 499 g/mol. The summed E-state index contributed by atoms with van der Waals surface area (Å²) < 4.78 is 0. The van der Waals surface area contributed by atoms with Crippen LogP contribution in [0.2, 0.25) is 0 Å². The summed E-state index contributed by atoms with van der Waals surface area (Å²) >= 11 is 0. The highest BCUT2D eigenvalue weighted by Gasteiger charge is 2.10. The van der Waals surface area contributed by atoms with Gasteiger partial charge in [0.1, 0.15) is 6.04 Å². The highest BCUT2D eigenvalue weighted by Crippen LogP contribution is 2.15. The standard InChI is InChI=1S/C28H54N2O5/c29-25(28(34)35)21-19-20-24-30-26(31)22-17-15-13-11-9-7-5-3-1-2-4-6-8-10-12-14-16-18-23-27(32)33/h25H,1-24,29H2,(H,30,31)(H,32,33)(H,34,35)/t25-/m1/s1. The molecule has 0 aromatic heterocycles. The minimum Gasteiger partial charge on any atom is -0.481 e. The quantitative estimate of drug-likeness (QED) is 0.0947. The first-order valence-electron chi connectivity index (χ1n) is 14.4. The Balaban J connectivity index is 3.18. The minimum absolute atomic E-state index is 0.0977. The molecular weight excluding hydrogens is 444 g/mol. The van der Waals surface area contributed by atoms with E-state index in [1.54, 1.807) is 0 Å². The molecule has 5 N–H and O–H groups in total. The number of unbranched alkanes of at least 4 members (excludes halogenated alkanes) is 18. The Labute approximate surface area is 214 Å². The van der Waals surface area contributed by atoms with Crippen LogP contribution in [-0.2, 0) is 14.4 Å². The molecule has 1 amide bonds. The predicted molar refractivity (Wildman–Crippen MR) is 142 cm³/mol. The molecule has 0 rings (SSSR count). The van der Waals surface area contributed by atoms with E-state index in [4.69, 9.17) is 15.9 Å². The molecule has 0 saturated heterocycles. The Morgan fingerprint density at radius 2 is 0.914 bits per heavy atom. The largest absolute Gasteiger partial charge is 0.481 e. The van der Waals surface area contributed by atoms with Gasteiger partial charge in [0.2, 0.25) is 5.91 Å². The monoisotopic (exact) mass is 498 g/mol. The molecule has 0 aromatic carbocycles. The van der Waals surface area contributed by atoms with Crippen LogP contribution in [0.15, 0.2) is 0 Å². The molecule has 0 aliphatic carbocycles. The van der Waals surface area contributed by atoms with E-state index in [2.05, 4.69) is 5.32 Å². The van der Waals surface area contributed by atoms with Gasteiger partial charge in [-0.3, -0.25) is 14.4 Å². The van der Waals surface area contributed by atoms with Gasteiger partial charge in [-0.2, -0.15) is 0 Å². The van der Waals surface area contributed by atoms with Crippen molar-refractivity contribution in [2.24, 2.45) is 5.73 Å². The molecule has 0 saturated carbocycles. The van der Waals surface area contributed by atoms with Crippen LogP contribution < -0.4 is 11.1 Å². The van der Waals surface area contributed by atoms with Gasteiger partial charge in [0.25, 0.3) is 0 Å². The molecule has 0 radical (unpaired) electrons. The maximum Gasteiger partial charge on any atom is 0.320 e. The number of hydrogen-bond donors (Lipinski definition) is 4. The van der Waals surface area contributed by atoms with Crippen molar-refractivity contribution in [2.75, 3.05) is 6.54 Å². The fourth-order valence-corrected chi connectivity index (χ4v) is 4.32. The molecular formula is C28H54N2O5. The van der Waals surface area contributed by atoms with Crippen LogP contribution in [0.4, 0.5) is 0 Å². The van der Waals surface area contributed by atoms with Crippen molar-refractivity contribution in [3.05, 3.63) is 0 Å². The van der Waals surface area contributed by atoms with E-state index in [0.29, 0.717) is 32.2 Å². The van der Waals surface area contributed by atoms with E-state index in [0.717, 1.165) is 32.1 Å². The third-order valence-corrected chi connectivity index (χ3v) is 6.63. The zero-order valence-electron chi connectivity index (χ0n) is 22.2. The molecule has 7 nitrogen and oxygen atoms in total. The molecule has 1 atom stereocenters. The molecule has 0 fully saturated rings. The highest BCUT2D eigenvalue weighted by atomic mass is 16.4. The summed E-state index contributed by atoms with van der Waals surface area (Å²) in [6.45, 7) is 0.600. The van der Waals surface area contributed by atoms with E-state index >= 15 is 0 Å². The molecule has 0 spiro atoms. The second-order valence-corrected chi connectivity index (χ2v) is 10.0. The van der Waals surface area contributed by atoms with Crippen LogP contribution in [0.1, 0.15) is 148 Å². The normalized spacial score (nSPS) is 11.9. The highest BCUT2D eigenvalue weighted by molar-refractivity contribution is 5.75. The Morgan fingerprint density at radius 3 is 1.29 bits per heavy atom. The molecule has 0 aromatic rings. The number of nitrogens with one attached hydrogen (secondary N) is 1. The van der Waals surface area contributed by atoms with E-state index < -0.39 is 18.0 Å². The van der Waals surface area contributed by atoms with Gasteiger partial charge in [0.05, 0.1) is 0 Å². The van der Waals surface area contributed by atoms with E-state index in [1.165, 1.54) is 89.9 Å². The summed E-state index contributed by atoms with van der Waals surface area (Å²) in [5.74, 6) is -1.54. The van der Waals surface area contributed by atoms with Gasteiger partial charge in [-0.05, 0) is 32.1 Å². The van der Waals surface area contributed by atoms with Crippen LogP contribution in [0.25, 0.3) is 0 Å². The van der Waals surface area contributed by atoms with Gasteiger partial charge in [-0.25, -0.2) is 0 Å². The number of aliphatic carboxylic acids is 2.